The van der Waals surface area contributed by atoms with Gasteiger partial charge in [0.15, 0.2) is 5.78 Å². The second kappa shape index (κ2) is 6.25. The standard InChI is InChI=1S/C23H16O2/c24-19-13-11-17(12-14-19)20-15-21(16-7-3-1-4-8-16)23(25)22(20)18-9-5-2-6-10-18/h1-15,24H. The lowest BCUT2D eigenvalue weighted by Crippen LogP contribution is -2.01. The monoisotopic (exact) mass is 324 g/mol. The Hall–Kier alpha value is -3.39. The molecule has 0 aromatic heterocycles. The van der Waals surface area contributed by atoms with Crippen LogP contribution >= 0.6 is 0 Å². The molecular weight excluding hydrogens is 308 g/mol. The lowest BCUT2D eigenvalue weighted by atomic mass is 9.95. The van der Waals surface area contributed by atoms with Crippen LogP contribution in [0, 0.1) is 0 Å². The summed E-state index contributed by atoms with van der Waals surface area (Å²) >= 11 is 0. The van der Waals surface area contributed by atoms with Crippen LogP contribution in [0.5, 0.6) is 5.75 Å². The zero-order chi connectivity index (χ0) is 17.2. The molecule has 0 spiro atoms. The molecule has 1 aliphatic rings. The predicted molar refractivity (Wildman–Crippen MR) is 101 cm³/mol. The Morgan fingerprint density at radius 1 is 0.600 bits per heavy atom. The number of benzene rings is 3. The van der Waals surface area contributed by atoms with E-state index in [9.17, 15) is 9.90 Å². The van der Waals surface area contributed by atoms with Gasteiger partial charge in [-0.1, -0.05) is 72.8 Å². The summed E-state index contributed by atoms with van der Waals surface area (Å²) in [5.41, 5.74) is 5.01. The van der Waals surface area contributed by atoms with Crippen molar-refractivity contribution in [3.05, 3.63) is 108 Å². The third-order valence-corrected chi connectivity index (χ3v) is 4.36. The minimum Gasteiger partial charge on any atom is -0.508 e. The largest absolute Gasteiger partial charge is 0.508 e. The Morgan fingerprint density at radius 3 is 1.76 bits per heavy atom. The molecule has 1 N–H and O–H groups in total. The topological polar surface area (TPSA) is 37.3 Å². The summed E-state index contributed by atoms with van der Waals surface area (Å²) < 4.78 is 0. The van der Waals surface area contributed by atoms with E-state index in [1.807, 2.05) is 78.9 Å². The van der Waals surface area contributed by atoms with Crippen LogP contribution in [0.1, 0.15) is 16.7 Å². The molecule has 2 heteroatoms. The first-order chi connectivity index (χ1) is 12.2. The average Bonchev–Trinajstić information content (AvgIpc) is 3.01. The first-order valence-electron chi connectivity index (χ1n) is 8.15. The number of carbonyl (C=O) groups is 1. The highest BCUT2D eigenvalue weighted by Gasteiger charge is 2.28. The maximum absolute atomic E-state index is 13.2. The van der Waals surface area contributed by atoms with E-state index < -0.39 is 0 Å². The van der Waals surface area contributed by atoms with Crippen molar-refractivity contribution in [3.63, 3.8) is 0 Å². The molecule has 3 aromatic rings. The molecule has 2 nitrogen and oxygen atoms in total. The van der Waals surface area contributed by atoms with Crippen LogP contribution in [-0.2, 0) is 4.79 Å². The molecule has 25 heavy (non-hydrogen) atoms. The summed E-state index contributed by atoms with van der Waals surface area (Å²) in [5, 5.41) is 9.57. The quantitative estimate of drug-likeness (QED) is 0.738. The highest BCUT2D eigenvalue weighted by molar-refractivity contribution is 6.51. The molecule has 0 amide bonds. The minimum atomic E-state index is 0.0282. The van der Waals surface area contributed by atoms with Gasteiger partial charge in [0.05, 0.1) is 0 Å². The van der Waals surface area contributed by atoms with Crippen molar-refractivity contribution in [3.8, 4) is 5.75 Å². The zero-order valence-electron chi connectivity index (χ0n) is 13.5. The van der Waals surface area contributed by atoms with Crippen LogP contribution in [-0.4, -0.2) is 10.9 Å². The lowest BCUT2D eigenvalue weighted by molar-refractivity contribution is -0.108. The van der Waals surface area contributed by atoms with Crippen LogP contribution in [0.25, 0.3) is 16.7 Å². The predicted octanol–water partition coefficient (Wildman–Crippen LogP) is 4.97. The van der Waals surface area contributed by atoms with Crippen LogP contribution in [0.15, 0.2) is 91.0 Å². The van der Waals surface area contributed by atoms with E-state index in [2.05, 4.69) is 0 Å². The number of rotatable bonds is 3. The summed E-state index contributed by atoms with van der Waals surface area (Å²) in [4.78, 5) is 13.2. The van der Waals surface area contributed by atoms with Crippen LogP contribution in [0.4, 0.5) is 0 Å². The van der Waals surface area contributed by atoms with Gasteiger partial charge in [0.1, 0.15) is 5.75 Å². The molecule has 3 aromatic carbocycles. The number of ketones is 1. The van der Waals surface area contributed by atoms with Crippen LogP contribution in [0.2, 0.25) is 0 Å². The number of aromatic hydroxyl groups is 1. The van der Waals surface area contributed by atoms with Gasteiger partial charge < -0.3 is 5.11 Å². The molecule has 0 heterocycles. The first-order valence-corrected chi connectivity index (χ1v) is 8.15. The molecule has 0 unspecified atom stereocenters. The maximum atomic E-state index is 13.2. The number of allylic oxidation sites excluding steroid dienone is 4. The molecule has 0 saturated heterocycles. The summed E-state index contributed by atoms with van der Waals surface area (Å²) in [6.07, 6.45) is 1.95. The van der Waals surface area contributed by atoms with Crippen molar-refractivity contribution in [2.45, 2.75) is 0 Å². The van der Waals surface area contributed by atoms with E-state index in [0.717, 1.165) is 22.3 Å². The van der Waals surface area contributed by atoms with Gasteiger partial charge in [-0.2, -0.15) is 0 Å². The third-order valence-electron chi connectivity index (χ3n) is 4.36. The highest BCUT2D eigenvalue weighted by Crippen LogP contribution is 2.40. The third kappa shape index (κ3) is 2.79. The van der Waals surface area contributed by atoms with Gasteiger partial charge in [-0.15, -0.1) is 0 Å². The van der Waals surface area contributed by atoms with Crippen molar-refractivity contribution >= 4 is 22.5 Å². The lowest BCUT2D eigenvalue weighted by Gasteiger charge is -2.08. The summed E-state index contributed by atoms with van der Waals surface area (Å²) in [6.45, 7) is 0. The molecule has 0 atom stereocenters. The SMILES string of the molecule is O=C1C(c2ccccc2)=CC(c2ccc(O)cc2)=C1c1ccccc1. The Kier molecular flexibility index (Phi) is 3.79. The summed E-state index contributed by atoms with van der Waals surface area (Å²) in [6, 6.07) is 26.4. The molecule has 0 aliphatic heterocycles. The van der Waals surface area contributed by atoms with E-state index in [0.29, 0.717) is 11.1 Å². The molecule has 120 valence electrons. The van der Waals surface area contributed by atoms with Gasteiger partial charge >= 0.3 is 0 Å². The molecule has 0 radical (unpaired) electrons. The number of phenolic OH excluding ortho intramolecular Hbond substituents is 1. The highest BCUT2D eigenvalue weighted by atomic mass is 16.3. The molecule has 0 bridgehead atoms. The van der Waals surface area contributed by atoms with Gasteiger partial charge in [0.2, 0.25) is 0 Å². The molecule has 0 saturated carbocycles. The van der Waals surface area contributed by atoms with Gasteiger partial charge in [-0.25, -0.2) is 0 Å². The van der Waals surface area contributed by atoms with Gasteiger partial charge in [-0.05, 0) is 40.5 Å². The fraction of sp³-hybridized carbons (Fsp3) is 0. The van der Waals surface area contributed by atoms with Crippen molar-refractivity contribution in [1.82, 2.24) is 0 Å². The molecule has 4 rings (SSSR count). The number of Topliss-reactive ketones (excluding diaryl/α,β-unsaturated/α-hetero) is 1. The van der Waals surface area contributed by atoms with Crippen molar-refractivity contribution in [2.75, 3.05) is 0 Å². The van der Waals surface area contributed by atoms with Crippen molar-refractivity contribution in [2.24, 2.45) is 0 Å². The average molecular weight is 324 g/mol. The van der Waals surface area contributed by atoms with E-state index in [-0.39, 0.29) is 11.5 Å². The van der Waals surface area contributed by atoms with E-state index in [1.165, 1.54) is 0 Å². The van der Waals surface area contributed by atoms with E-state index >= 15 is 0 Å². The number of phenols is 1. The minimum absolute atomic E-state index is 0.0282. The fourth-order valence-corrected chi connectivity index (χ4v) is 3.13. The van der Waals surface area contributed by atoms with Gasteiger partial charge in [0.25, 0.3) is 0 Å². The fourth-order valence-electron chi connectivity index (χ4n) is 3.13. The van der Waals surface area contributed by atoms with Crippen molar-refractivity contribution in [1.29, 1.82) is 0 Å². The summed E-state index contributed by atoms with van der Waals surface area (Å²) in [5.74, 6) is 0.239. The molecule has 0 fully saturated rings. The number of hydrogen-bond donors (Lipinski definition) is 1. The number of hydrogen-bond acceptors (Lipinski definition) is 2. The Morgan fingerprint density at radius 2 is 1.16 bits per heavy atom. The maximum Gasteiger partial charge on any atom is 0.194 e. The second-order valence-corrected chi connectivity index (χ2v) is 5.95. The first kappa shape index (κ1) is 15.2. The van der Waals surface area contributed by atoms with Crippen molar-refractivity contribution < 1.29 is 9.90 Å². The molecule has 1 aliphatic carbocycles. The Labute approximate surface area is 146 Å². The molecular formula is C23H16O2. The zero-order valence-corrected chi connectivity index (χ0v) is 13.5. The summed E-state index contributed by atoms with van der Waals surface area (Å²) in [7, 11) is 0. The van der Waals surface area contributed by atoms with Gasteiger partial charge in [0, 0.05) is 11.1 Å². The van der Waals surface area contributed by atoms with E-state index in [1.54, 1.807) is 12.1 Å². The van der Waals surface area contributed by atoms with E-state index in [4.69, 9.17) is 0 Å². The van der Waals surface area contributed by atoms with Gasteiger partial charge in [-0.3, -0.25) is 4.79 Å². The Balaban J connectivity index is 1.90. The van der Waals surface area contributed by atoms with Crippen LogP contribution in [0.3, 0.4) is 0 Å². The second-order valence-electron chi connectivity index (χ2n) is 5.95. The normalized spacial score (nSPS) is 13.9. The number of carbonyl (C=O) groups excluding carboxylic acids is 1. The van der Waals surface area contributed by atoms with Crippen LogP contribution < -0.4 is 0 Å². The Bertz CT molecular complexity index is 979. The smallest absolute Gasteiger partial charge is 0.194 e.